The van der Waals surface area contributed by atoms with Crippen LogP contribution in [0.15, 0.2) is 510 Å². The molecular weight excluding hydrogens is 1660 g/mol. The summed E-state index contributed by atoms with van der Waals surface area (Å²) < 4.78 is 2.37. The van der Waals surface area contributed by atoms with Gasteiger partial charge in [-0.1, -0.05) is 345 Å². The van der Waals surface area contributed by atoms with E-state index in [9.17, 15) is 0 Å². The van der Waals surface area contributed by atoms with Crippen molar-refractivity contribution in [2.24, 2.45) is 0 Å². The van der Waals surface area contributed by atoms with Crippen LogP contribution in [0.3, 0.4) is 0 Å². The van der Waals surface area contributed by atoms with E-state index in [0.29, 0.717) is 0 Å². The molecule has 137 heavy (non-hydrogen) atoms. The lowest BCUT2D eigenvalue weighted by molar-refractivity contribution is 0.652. The topological polar surface area (TPSA) is 21.1 Å². The third kappa shape index (κ3) is 15.2. The van der Waals surface area contributed by atoms with Crippen LogP contribution in [0.4, 0.5) is 85.3 Å². The summed E-state index contributed by atoms with van der Waals surface area (Å²) in [6.07, 6.45) is 0. The average molecular weight is 1760 g/mol. The smallest absolute Gasteiger partial charge is 0.0542 e. The third-order valence-corrected chi connectivity index (χ3v) is 28.4. The maximum absolute atomic E-state index is 2.51. The molecule has 3 aliphatic carbocycles. The lowest BCUT2D eigenvalue weighted by Crippen LogP contribution is -2.18. The van der Waals surface area contributed by atoms with Crippen molar-refractivity contribution in [3.8, 4) is 50.2 Å². The van der Waals surface area contributed by atoms with E-state index in [4.69, 9.17) is 0 Å². The number of benzene rings is 21. The molecule has 0 radical (unpaired) electrons. The Bertz CT molecular complexity index is 7780. The summed E-state index contributed by atoms with van der Waals surface area (Å²) in [4.78, 5) is 11.8. The Balaban J connectivity index is 0.000000116. The first-order valence-corrected chi connectivity index (χ1v) is 47.6. The van der Waals surface area contributed by atoms with E-state index in [1.807, 2.05) is 0 Å². The first-order valence-electron chi connectivity index (χ1n) is 47.6. The first kappa shape index (κ1) is 84.2. The Morgan fingerprint density at radius 3 is 0.876 bits per heavy atom. The molecule has 0 atom stereocenters. The number of para-hydroxylation sites is 9. The van der Waals surface area contributed by atoms with Crippen molar-refractivity contribution in [3.05, 3.63) is 543 Å². The predicted molar refractivity (Wildman–Crippen MR) is 580 cm³/mol. The van der Waals surface area contributed by atoms with Crippen LogP contribution in [-0.2, 0) is 16.2 Å². The van der Waals surface area contributed by atoms with Crippen molar-refractivity contribution in [1.29, 1.82) is 0 Å². The molecule has 25 rings (SSSR count). The molecule has 0 saturated heterocycles. The van der Waals surface area contributed by atoms with Crippen molar-refractivity contribution in [1.82, 2.24) is 4.57 Å². The first-order chi connectivity index (χ1) is 67.3. The number of nitrogens with zero attached hydrogens (tertiary/aromatic N) is 6. The Labute approximate surface area is 803 Å². The average Bonchev–Trinajstić information content (AvgIpc) is 1.54. The third-order valence-electron chi connectivity index (χ3n) is 28.4. The molecule has 0 unspecified atom stereocenters. The molecule has 1 aromatic heterocycles. The van der Waals surface area contributed by atoms with Crippen LogP contribution in [0, 0.1) is 0 Å². The molecule has 0 amide bonds. The zero-order valence-electron chi connectivity index (χ0n) is 77.7. The van der Waals surface area contributed by atoms with Gasteiger partial charge < -0.3 is 29.1 Å². The van der Waals surface area contributed by atoms with Crippen LogP contribution in [0.5, 0.6) is 0 Å². The monoisotopic (exact) mass is 1760 g/mol. The lowest BCUT2D eigenvalue weighted by Gasteiger charge is -2.28. The molecule has 0 aliphatic heterocycles. The highest BCUT2D eigenvalue weighted by Crippen LogP contribution is 2.59. The zero-order valence-corrected chi connectivity index (χ0v) is 77.7. The maximum atomic E-state index is 2.51. The van der Waals surface area contributed by atoms with E-state index >= 15 is 0 Å². The SMILES string of the molecule is CC1(C)c2cc(N(c3ccccc3)c3ccccc3)ccc2-c2cc3c(cc21)-c1ccc(N(c2ccccc2)c2ccccc2)cc1C3(C)C.CC1(C)c2ccccc2-c2cc(N(c3ccccc3)c3ccc4c(c3)c3ccccc3n4-c3ccccc3)ccc21.c1ccc(N(c2ccc(-c3ccc(N(c4ccccc4)c4cccc5ccccc45)cc3)cc2)c2cccc3ccccc23)cc1. The number of anilines is 15. The van der Waals surface area contributed by atoms with Gasteiger partial charge in [-0.3, -0.25) is 0 Å². The summed E-state index contributed by atoms with van der Waals surface area (Å²) in [6, 6.07) is 184. The predicted octanol–water partition coefficient (Wildman–Crippen LogP) is 36.4. The Morgan fingerprint density at radius 1 is 0.161 bits per heavy atom. The van der Waals surface area contributed by atoms with Gasteiger partial charge in [0.25, 0.3) is 0 Å². The van der Waals surface area contributed by atoms with Crippen LogP contribution >= 0.6 is 0 Å². The van der Waals surface area contributed by atoms with Crippen molar-refractivity contribution >= 4 is 129 Å². The fraction of sp³-hybridized carbons (Fsp3) is 0.0687. The molecule has 1 heterocycles. The van der Waals surface area contributed by atoms with Crippen LogP contribution in [0.25, 0.3) is 93.5 Å². The van der Waals surface area contributed by atoms with Crippen molar-refractivity contribution in [3.63, 3.8) is 0 Å². The molecule has 0 spiro atoms. The van der Waals surface area contributed by atoms with Crippen LogP contribution < -0.4 is 24.5 Å². The van der Waals surface area contributed by atoms with E-state index in [2.05, 4.69) is 580 Å². The lowest BCUT2D eigenvalue weighted by atomic mass is 9.79. The number of hydrogen-bond acceptors (Lipinski definition) is 5. The van der Waals surface area contributed by atoms with Gasteiger partial charge in [0.05, 0.1) is 22.4 Å². The number of fused-ring (bicyclic) bond motifs is 14. The largest absolute Gasteiger partial charge is 0.310 e. The van der Waals surface area contributed by atoms with Gasteiger partial charge in [0.15, 0.2) is 0 Å². The van der Waals surface area contributed by atoms with E-state index in [1.54, 1.807) is 0 Å². The molecule has 3 aliphatic rings. The number of aromatic nitrogens is 1. The minimum atomic E-state index is -0.154. The molecule has 22 aromatic rings. The summed E-state index contributed by atoms with van der Waals surface area (Å²) in [5.74, 6) is 0. The molecule has 0 fully saturated rings. The normalized spacial score (nSPS) is 12.9. The Morgan fingerprint density at radius 2 is 0.438 bits per heavy atom. The minimum Gasteiger partial charge on any atom is -0.310 e. The molecule has 6 heteroatoms. The summed E-state index contributed by atoms with van der Waals surface area (Å²) in [5, 5.41) is 7.41. The Hall–Kier alpha value is -17.1. The minimum absolute atomic E-state index is 0.0137. The van der Waals surface area contributed by atoms with Gasteiger partial charge in [-0.2, -0.15) is 0 Å². The van der Waals surface area contributed by atoms with Crippen LogP contribution in [0.2, 0.25) is 0 Å². The Kier molecular flexibility index (Phi) is 21.6. The number of rotatable bonds is 17. The second-order valence-corrected chi connectivity index (χ2v) is 37.6. The van der Waals surface area contributed by atoms with Gasteiger partial charge in [0.1, 0.15) is 0 Å². The van der Waals surface area contributed by atoms with Crippen LogP contribution in [0.1, 0.15) is 74.9 Å². The van der Waals surface area contributed by atoms with Gasteiger partial charge in [-0.05, 0) is 295 Å². The fourth-order valence-electron chi connectivity index (χ4n) is 21.7. The van der Waals surface area contributed by atoms with Crippen molar-refractivity contribution in [2.75, 3.05) is 24.5 Å². The van der Waals surface area contributed by atoms with E-state index in [-0.39, 0.29) is 16.2 Å². The quantitative estimate of drug-likeness (QED) is 0.0903. The van der Waals surface area contributed by atoms with Crippen molar-refractivity contribution < 1.29 is 0 Å². The maximum Gasteiger partial charge on any atom is 0.0542 e. The van der Waals surface area contributed by atoms with Gasteiger partial charge in [-0.25, -0.2) is 0 Å². The molecule has 6 nitrogen and oxygen atoms in total. The van der Waals surface area contributed by atoms with E-state index in [1.165, 1.54) is 138 Å². The highest BCUT2D eigenvalue weighted by Gasteiger charge is 2.43. The van der Waals surface area contributed by atoms with Gasteiger partial charge in [0, 0.05) is 117 Å². The summed E-state index contributed by atoms with van der Waals surface area (Å²) in [5.41, 5.74) is 39.3. The second kappa shape index (κ2) is 35.2. The van der Waals surface area contributed by atoms with E-state index < -0.39 is 0 Å². The number of hydrogen-bond donors (Lipinski definition) is 0. The van der Waals surface area contributed by atoms with Gasteiger partial charge in [0.2, 0.25) is 0 Å². The zero-order chi connectivity index (χ0) is 92.3. The van der Waals surface area contributed by atoms with Crippen molar-refractivity contribution in [2.45, 2.75) is 57.8 Å². The highest BCUT2D eigenvalue weighted by atomic mass is 15.2. The molecule has 656 valence electrons. The second-order valence-electron chi connectivity index (χ2n) is 37.6. The van der Waals surface area contributed by atoms with Gasteiger partial charge in [-0.15, -0.1) is 0 Å². The standard InChI is InChI=1S/C48H40N2.C44H32N2.C39H30N2/c1-47(2)43-29-37(49(33-17-9-5-10-18-33)34-19-11-6-12-20-34)25-27-39(43)41-32-46-42(31-45(41)47)40-28-26-38(30-44(40)48(46,3)4)50(35-21-13-7-14-22-35)36-23-15-8-16-24-36;1-3-17-37(18-4-1)45(43-23-11-15-35-13-7-9-21-41(35)43)39-29-25-33(26-30-39)34-27-31-40(32-28-34)46(38-19-5-2-6-20-38)44-24-12-16-36-14-8-10-22-42(36)44;1-39(2)35-19-11-9-17-31(35)33-25-29(21-23-36(33)39)40(27-13-5-3-6-14-27)30-22-24-38-34(26-30)32-18-10-12-20-37(32)41(38)28-15-7-4-8-16-28/h5-32H,1-4H3;1-32H;3-26H,1-2H3. The molecule has 21 aromatic carbocycles. The van der Waals surface area contributed by atoms with Gasteiger partial charge >= 0.3 is 0 Å². The molecular formula is C131H102N6. The van der Waals surface area contributed by atoms with Crippen LogP contribution in [-0.4, -0.2) is 4.57 Å². The fourth-order valence-corrected chi connectivity index (χ4v) is 21.7. The summed E-state index contributed by atoms with van der Waals surface area (Å²) in [6.45, 7) is 14.2. The molecule has 0 saturated carbocycles. The molecule has 0 N–H and O–H groups in total. The summed E-state index contributed by atoms with van der Waals surface area (Å²) >= 11 is 0. The highest BCUT2D eigenvalue weighted by molar-refractivity contribution is 6.11. The van der Waals surface area contributed by atoms with E-state index in [0.717, 1.165) is 73.9 Å². The molecule has 0 bridgehead atoms. The summed E-state index contributed by atoms with van der Waals surface area (Å²) in [7, 11) is 0.